The highest BCUT2D eigenvalue weighted by atomic mass is 79.9. The molecule has 1 N–H and O–H groups in total. The number of aryl methyl sites for hydroxylation is 2. The number of aromatic nitrogens is 2. The maximum atomic E-state index is 13.7. The molecule has 0 spiro atoms. The molecule has 0 aliphatic heterocycles. The number of aromatic amines is 1. The van der Waals surface area contributed by atoms with E-state index < -0.39 is 0 Å². The second-order valence-corrected chi connectivity index (χ2v) is 6.37. The van der Waals surface area contributed by atoms with E-state index >= 15 is 0 Å². The van der Waals surface area contributed by atoms with Crippen molar-refractivity contribution in [3.05, 3.63) is 50.3 Å². The van der Waals surface area contributed by atoms with E-state index in [0.29, 0.717) is 14.8 Å². The molecule has 1 unspecified atom stereocenters. The molecule has 2 heterocycles. The van der Waals surface area contributed by atoms with Gasteiger partial charge >= 0.3 is 0 Å². The first kappa shape index (κ1) is 14.5. The molecule has 0 saturated heterocycles. The van der Waals surface area contributed by atoms with Crippen molar-refractivity contribution in [2.45, 2.75) is 26.8 Å². The Morgan fingerprint density at radius 1 is 1.33 bits per heavy atom. The van der Waals surface area contributed by atoms with Crippen molar-refractivity contribution in [3.63, 3.8) is 0 Å². The Morgan fingerprint density at radius 3 is 2.67 bits per heavy atom. The van der Waals surface area contributed by atoms with Crippen LogP contribution < -0.4 is 0 Å². The molecule has 2 aromatic heterocycles. The highest BCUT2D eigenvalue weighted by molar-refractivity contribution is 9.10. The fraction of sp³-hybridized carbons (Fsp3) is 0.267. The molecule has 0 bridgehead atoms. The molecule has 0 fully saturated rings. The molecule has 21 heavy (non-hydrogen) atoms. The minimum atomic E-state index is -0.311. The third-order valence-electron chi connectivity index (χ3n) is 3.68. The lowest BCUT2D eigenvalue weighted by atomic mass is 10.1. The monoisotopic (exact) mass is 368 g/mol. The summed E-state index contributed by atoms with van der Waals surface area (Å²) in [6.07, 6.45) is 0. The zero-order valence-electron chi connectivity index (χ0n) is 11.8. The average Bonchev–Trinajstić information content (AvgIpc) is 2.89. The molecule has 6 heteroatoms. The number of fused-ring (bicyclic) bond motifs is 1. The van der Waals surface area contributed by atoms with Gasteiger partial charge in [-0.25, -0.2) is 4.39 Å². The van der Waals surface area contributed by atoms with Crippen LogP contribution in [0.1, 0.15) is 30.0 Å². The van der Waals surface area contributed by atoms with E-state index in [0.717, 1.165) is 22.6 Å². The van der Waals surface area contributed by atoms with E-state index in [1.807, 2.05) is 24.5 Å². The number of benzene rings is 1. The average molecular weight is 369 g/mol. The summed E-state index contributed by atoms with van der Waals surface area (Å²) in [5.74, 6) is 1.43. The summed E-state index contributed by atoms with van der Waals surface area (Å²) in [6.45, 7) is 5.91. The highest BCUT2D eigenvalue weighted by Gasteiger charge is 2.18. The molecule has 0 saturated carbocycles. The lowest BCUT2D eigenvalue weighted by molar-refractivity contribution is 0.495. The third kappa shape index (κ3) is 2.36. The zero-order valence-corrected chi connectivity index (χ0v) is 14.2. The summed E-state index contributed by atoms with van der Waals surface area (Å²) in [6, 6.07) is 5.21. The van der Waals surface area contributed by atoms with Crippen LogP contribution in [0.3, 0.4) is 0 Å². The number of rotatable bonds is 2. The van der Waals surface area contributed by atoms with Crippen molar-refractivity contribution >= 4 is 39.2 Å². The largest absolute Gasteiger partial charge is 0.466 e. The maximum Gasteiger partial charge on any atom is 0.178 e. The zero-order chi connectivity index (χ0) is 15.3. The van der Waals surface area contributed by atoms with E-state index in [4.69, 9.17) is 16.6 Å². The van der Waals surface area contributed by atoms with Crippen LogP contribution in [0.25, 0.3) is 11.0 Å². The molecule has 0 aliphatic rings. The smallest absolute Gasteiger partial charge is 0.178 e. The summed E-state index contributed by atoms with van der Waals surface area (Å²) in [5, 5.41) is 0. The SMILES string of the molecule is Cc1cc(C(C)n2c(=S)[nH]c3cc(F)c(Br)cc32)c(C)o1. The van der Waals surface area contributed by atoms with Crippen LogP contribution in [0.5, 0.6) is 0 Å². The number of hydrogen-bond acceptors (Lipinski definition) is 2. The lowest BCUT2D eigenvalue weighted by Gasteiger charge is -2.14. The fourth-order valence-corrected chi connectivity index (χ4v) is 3.41. The van der Waals surface area contributed by atoms with E-state index in [1.54, 1.807) is 6.07 Å². The van der Waals surface area contributed by atoms with Crippen LogP contribution in [0.4, 0.5) is 4.39 Å². The van der Waals surface area contributed by atoms with Gasteiger partial charge in [0.2, 0.25) is 0 Å². The lowest BCUT2D eigenvalue weighted by Crippen LogP contribution is -2.07. The maximum absolute atomic E-state index is 13.7. The third-order valence-corrected chi connectivity index (χ3v) is 4.58. The highest BCUT2D eigenvalue weighted by Crippen LogP contribution is 2.30. The van der Waals surface area contributed by atoms with E-state index in [2.05, 4.69) is 27.8 Å². The van der Waals surface area contributed by atoms with E-state index in [-0.39, 0.29) is 11.9 Å². The number of nitrogens with zero attached hydrogens (tertiary/aromatic N) is 1. The summed E-state index contributed by atoms with van der Waals surface area (Å²) < 4.78 is 22.2. The molecule has 0 aliphatic carbocycles. The van der Waals surface area contributed by atoms with Gasteiger partial charge in [0.05, 0.1) is 21.5 Å². The van der Waals surface area contributed by atoms with Gasteiger partial charge in [0, 0.05) is 11.6 Å². The van der Waals surface area contributed by atoms with Crippen LogP contribution in [0.2, 0.25) is 0 Å². The topological polar surface area (TPSA) is 33.9 Å². The molecule has 0 radical (unpaired) electrons. The summed E-state index contributed by atoms with van der Waals surface area (Å²) in [4.78, 5) is 3.06. The standard InChI is InChI=1S/C15H14BrFN2OS/c1-7-4-10(9(3)20-7)8(2)19-14-5-11(16)12(17)6-13(14)18-15(19)21/h4-6,8H,1-3H3,(H,18,21). The summed E-state index contributed by atoms with van der Waals surface area (Å²) in [7, 11) is 0. The molecule has 1 atom stereocenters. The Balaban J connectivity index is 2.24. The number of nitrogens with one attached hydrogen (secondary N) is 1. The first-order chi connectivity index (χ1) is 9.88. The van der Waals surface area contributed by atoms with Crippen molar-refractivity contribution in [3.8, 4) is 0 Å². The van der Waals surface area contributed by atoms with E-state index in [9.17, 15) is 4.39 Å². The minimum absolute atomic E-state index is 0.000983. The van der Waals surface area contributed by atoms with Crippen LogP contribution >= 0.6 is 28.1 Å². The predicted molar refractivity (Wildman–Crippen MR) is 86.8 cm³/mol. The predicted octanol–water partition coefficient (Wildman–Crippen LogP) is 5.42. The van der Waals surface area contributed by atoms with Gasteiger partial charge in [-0.05, 0) is 61.1 Å². The van der Waals surface area contributed by atoms with Gasteiger partial charge in [0.25, 0.3) is 0 Å². The Bertz CT molecular complexity index is 893. The van der Waals surface area contributed by atoms with Crippen molar-refractivity contribution in [1.29, 1.82) is 0 Å². The number of halogens is 2. The molecule has 3 aromatic rings. The second-order valence-electron chi connectivity index (χ2n) is 5.13. The van der Waals surface area contributed by atoms with Crippen molar-refractivity contribution in [2.75, 3.05) is 0 Å². The Kier molecular flexibility index (Phi) is 3.53. The van der Waals surface area contributed by atoms with Gasteiger partial charge in [0.15, 0.2) is 4.77 Å². The Hall–Kier alpha value is -1.40. The number of H-pyrrole nitrogens is 1. The second kappa shape index (κ2) is 5.10. The van der Waals surface area contributed by atoms with Gasteiger partial charge in [-0.2, -0.15) is 0 Å². The molecule has 3 rings (SSSR count). The number of furan rings is 1. The van der Waals surface area contributed by atoms with Crippen LogP contribution in [0, 0.1) is 24.4 Å². The quantitative estimate of drug-likeness (QED) is 0.612. The van der Waals surface area contributed by atoms with Crippen molar-refractivity contribution in [1.82, 2.24) is 9.55 Å². The molecular formula is C15H14BrFN2OS. The van der Waals surface area contributed by atoms with Gasteiger partial charge in [-0.3, -0.25) is 0 Å². The number of hydrogen-bond donors (Lipinski definition) is 1. The molecule has 3 nitrogen and oxygen atoms in total. The van der Waals surface area contributed by atoms with E-state index in [1.165, 1.54) is 6.07 Å². The first-order valence-electron chi connectivity index (χ1n) is 6.54. The van der Waals surface area contributed by atoms with Gasteiger partial charge in [-0.15, -0.1) is 0 Å². The molecule has 0 amide bonds. The van der Waals surface area contributed by atoms with Crippen LogP contribution in [-0.2, 0) is 0 Å². The van der Waals surface area contributed by atoms with Crippen molar-refractivity contribution < 1.29 is 8.81 Å². The summed E-state index contributed by atoms with van der Waals surface area (Å²) in [5.41, 5.74) is 2.62. The normalized spacial score (nSPS) is 13.0. The van der Waals surface area contributed by atoms with Gasteiger partial charge in [-0.1, -0.05) is 0 Å². The Morgan fingerprint density at radius 2 is 2.05 bits per heavy atom. The fourth-order valence-electron chi connectivity index (χ4n) is 2.71. The minimum Gasteiger partial charge on any atom is -0.466 e. The van der Waals surface area contributed by atoms with Crippen LogP contribution in [0.15, 0.2) is 27.1 Å². The van der Waals surface area contributed by atoms with Gasteiger partial charge in [0.1, 0.15) is 17.3 Å². The van der Waals surface area contributed by atoms with Crippen LogP contribution in [-0.4, -0.2) is 9.55 Å². The van der Waals surface area contributed by atoms with Gasteiger partial charge < -0.3 is 14.0 Å². The van der Waals surface area contributed by atoms with Crippen molar-refractivity contribution in [2.24, 2.45) is 0 Å². The molecule has 110 valence electrons. The molecule has 1 aromatic carbocycles. The number of imidazole rings is 1. The first-order valence-corrected chi connectivity index (χ1v) is 7.75. The molecular weight excluding hydrogens is 355 g/mol. The Labute approximate surface area is 134 Å². The summed E-state index contributed by atoms with van der Waals surface area (Å²) >= 11 is 8.63.